The van der Waals surface area contributed by atoms with Crippen molar-refractivity contribution in [2.24, 2.45) is 5.92 Å². The van der Waals surface area contributed by atoms with Crippen molar-refractivity contribution >= 4 is 11.6 Å². The van der Waals surface area contributed by atoms with Gasteiger partial charge in [0.2, 0.25) is 0 Å². The quantitative estimate of drug-likeness (QED) is 0.478. The van der Waals surface area contributed by atoms with E-state index in [4.69, 9.17) is 16.3 Å². The minimum Gasteiger partial charge on any atom is -0.383 e. The number of ether oxygens (including phenoxy) is 1. The lowest BCUT2D eigenvalue weighted by Gasteiger charge is -2.12. The van der Waals surface area contributed by atoms with Gasteiger partial charge in [0.15, 0.2) is 0 Å². The van der Waals surface area contributed by atoms with Crippen LogP contribution in [0.25, 0.3) is 0 Å². The summed E-state index contributed by atoms with van der Waals surface area (Å²) in [5, 5.41) is 3.57. The number of nitrogens with one attached hydrogen (secondary N) is 1. The molecule has 0 spiro atoms. The minimum atomic E-state index is 0.147. The van der Waals surface area contributed by atoms with E-state index < -0.39 is 0 Å². The fourth-order valence-electron chi connectivity index (χ4n) is 1.47. The number of halogens is 1. The van der Waals surface area contributed by atoms with Gasteiger partial charge < -0.3 is 10.1 Å². The van der Waals surface area contributed by atoms with E-state index >= 15 is 0 Å². The summed E-state index contributed by atoms with van der Waals surface area (Å²) in [6.45, 7) is 7.25. The number of rotatable bonds is 9. The molecule has 0 aliphatic rings. The van der Waals surface area contributed by atoms with Gasteiger partial charge in [0.1, 0.15) is 0 Å². The molecule has 0 bridgehead atoms. The SMILES string of the molecule is CCCC(C)CNCCC(Cl)COC. The maximum atomic E-state index is 5.99. The zero-order chi connectivity index (χ0) is 10.8. The van der Waals surface area contributed by atoms with Crippen LogP contribution in [-0.4, -0.2) is 32.2 Å². The third kappa shape index (κ3) is 8.79. The molecular weight excluding hydrogens is 198 g/mol. The summed E-state index contributed by atoms with van der Waals surface area (Å²) in [6, 6.07) is 0. The van der Waals surface area contributed by atoms with Gasteiger partial charge in [-0.25, -0.2) is 0 Å². The Labute approximate surface area is 93.4 Å². The van der Waals surface area contributed by atoms with Crippen molar-refractivity contribution in [1.29, 1.82) is 0 Å². The molecule has 0 aliphatic carbocycles. The van der Waals surface area contributed by atoms with Gasteiger partial charge in [-0.05, 0) is 31.8 Å². The highest BCUT2D eigenvalue weighted by Gasteiger charge is 2.04. The van der Waals surface area contributed by atoms with Crippen LogP contribution >= 0.6 is 11.6 Å². The van der Waals surface area contributed by atoms with Gasteiger partial charge in [-0.15, -0.1) is 11.6 Å². The van der Waals surface area contributed by atoms with Crippen LogP contribution in [-0.2, 0) is 4.74 Å². The maximum absolute atomic E-state index is 5.99. The molecule has 0 aromatic rings. The molecule has 0 saturated carbocycles. The Bertz CT molecular complexity index is 108. The van der Waals surface area contributed by atoms with Crippen LogP contribution in [0.15, 0.2) is 0 Å². The third-order valence-electron chi connectivity index (χ3n) is 2.26. The van der Waals surface area contributed by atoms with E-state index in [1.807, 2.05) is 0 Å². The van der Waals surface area contributed by atoms with Gasteiger partial charge in [0.25, 0.3) is 0 Å². The molecule has 2 unspecified atom stereocenters. The number of hydrogen-bond acceptors (Lipinski definition) is 2. The number of alkyl halides is 1. The number of methoxy groups -OCH3 is 1. The van der Waals surface area contributed by atoms with Crippen LogP contribution < -0.4 is 5.32 Å². The van der Waals surface area contributed by atoms with Gasteiger partial charge >= 0.3 is 0 Å². The van der Waals surface area contributed by atoms with Gasteiger partial charge in [-0.1, -0.05) is 20.3 Å². The Morgan fingerprint density at radius 1 is 1.36 bits per heavy atom. The highest BCUT2D eigenvalue weighted by atomic mass is 35.5. The van der Waals surface area contributed by atoms with Crippen molar-refractivity contribution in [2.75, 3.05) is 26.8 Å². The smallest absolute Gasteiger partial charge is 0.0626 e. The Hall–Kier alpha value is 0.210. The van der Waals surface area contributed by atoms with Crippen molar-refractivity contribution < 1.29 is 4.74 Å². The molecule has 0 aromatic carbocycles. The van der Waals surface area contributed by atoms with Crippen LogP contribution in [0.4, 0.5) is 0 Å². The second-order valence-electron chi connectivity index (χ2n) is 3.94. The summed E-state index contributed by atoms with van der Waals surface area (Å²) in [6.07, 6.45) is 3.55. The lowest BCUT2D eigenvalue weighted by Crippen LogP contribution is -2.25. The highest BCUT2D eigenvalue weighted by molar-refractivity contribution is 6.20. The Kier molecular flexibility index (Phi) is 9.90. The molecule has 0 rings (SSSR count). The molecular formula is C11H24ClNO. The summed E-state index contributed by atoms with van der Waals surface area (Å²) in [5.74, 6) is 0.774. The van der Waals surface area contributed by atoms with Gasteiger partial charge in [0.05, 0.1) is 12.0 Å². The summed E-state index contributed by atoms with van der Waals surface area (Å²) in [5.41, 5.74) is 0. The van der Waals surface area contributed by atoms with E-state index in [9.17, 15) is 0 Å². The number of hydrogen-bond donors (Lipinski definition) is 1. The summed E-state index contributed by atoms with van der Waals surface area (Å²) < 4.78 is 4.96. The Morgan fingerprint density at radius 3 is 2.64 bits per heavy atom. The second kappa shape index (κ2) is 9.75. The van der Waals surface area contributed by atoms with Crippen molar-refractivity contribution in [3.63, 3.8) is 0 Å². The fourth-order valence-corrected chi connectivity index (χ4v) is 1.70. The highest BCUT2D eigenvalue weighted by Crippen LogP contribution is 2.04. The lowest BCUT2D eigenvalue weighted by atomic mass is 10.1. The molecule has 1 N–H and O–H groups in total. The molecule has 3 heteroatoms. The van der Waals surface area contributed by atoms with Crippen LogP contribution in [0.5, 0.6) is 0 Å². The van der Waals surface area contributed by atoms with E-state index in [-0.39, 0.29) is 5.38 Å². The molecule has 0 saturated heterocycles. The molecule has 14 heavy (non-hydrogen) atoms. The first-order valence-corrected chi connectivity index (χ1v) is 5.98. The molecule has 0 aliphatic heterocycles. The predicted molar refractivity (Wildman–Crippen MR) is 63.1 cm³/mol. The zero-order valence-electron chi connectivity index (χ0n) is 9.68. The third-order valence-corrected chi connectivity index (χ3v) is 2.60. The normalized spacial score (nSPS) is 15.4. The van der Waals surface area contributed by atoms with E-state index in [0.29, 0.717) is 6.61 Å². The van der Waals surface area contributed by atoms with E-state index in [0.717, 1.165) is 25.4 Å². The maximum Gasteiger partial charge on any atom is 0.0626 e. The van der Waals surface area contributed by atoms with Crippen molar-refractivity contribution in [3.8, 4) is 0 Å². The Balaban J connectivity index is 3.19. The molecule has 0 amide bonds. The zero-order valence-corrected chi connectivity index (χ0v) is 10.4. The fraction of sp³-hybridized carbons (Fsp3) is 1.00. The van der Waals surface area contributed by atoms with Crippen molar-refractivity contribution in [1.82, 2.24) is 5.32 Å². The van der Waals surface area contributed by atoms with Crippen LogP contribution in [0, 0.1) is 5.92 Å². The van der Waals surface area contributed by atoms with Crippen molar-refractivity contribution in [3.05, 3.63) is 0 Å². The largest absolute Gasteiger partial charge is 0.383 e. The minimum absolute atomic E-state index is 0.147. The monoisotopic (exact) mass is 221 g/mol. The van der Waals surface area contributed by atoms with Crippen LogP contribution in [0.2, 0.25) is 0 Å². The first kappa shape index (κ1) is 14.2. The summed E-state index contributed by atoms with van der Waals surface area (Å²) >= 11 is 5.99. The van der Waals surface area contributed by atoms with Gasteiger partial charge in [-0.3, -0.25) is 0 Å². The molecule has 0 aromatic heterocycles. The predicted octanol–water partition coefficient (Wildman–Crippen LogP) is 2.66. The van der Waals surface area contributed by atoms with Crippen molar-refractivity contribution in [2.45, 2.75) is 38.5 Å². The average molecular weight is 222 g/mol. The second-order valence-corrected chi connectivity index (χ2v) is 4.56. The van der Waals surface area contributed by atoms with Gasteiger partial charge in [0, 0.05) is 7.11 Å². The molecule has 0 fully saturated rings. The molecule has 2 nitrogen and oxygen atoms in total. The first-order valence-electron chi connectivity index (χ1n) is 5.54. The Morgan fingerprint density at radius 2 is 2.07 bits per heavy atom. The summed E-state index contributed by atoms with van der Waals surface area (Å²) in [4.78, 5) is 0. The van der Waals surface area contributed by atoms with Gasteiger partial charge in [-0.2, -0.15) is 0 Å². The lowest BCUT2D eigenvalue weighted by molar-refractivity contribution is 0.195. The first-order chi connectivity index (χ1) is 6.70. The average Bonchev–Trinajstić information content (AvgIpc) is 2.13. The molecule has 86 valence electrons. The molecule has 0 heterocycles. The molecule has 0 radical (unpaired) electrons. The van der Waals surface area contributed by atoms with E-state index in [1.165, 1.54) is 12.8 Å². The molecule has 2 atom stereocenters. The van der Waals surface area contributed by atoms with E-state index in [2.05, 4.69) is 19.2 Å². The topological polar surface area (TPSA) is 21.3 Å². The van der Waals surface area contributed by atoms with Crippen LogP contribution in [0.3, 0.4) is 0 Å². The standard InChI is InChI=1S/C11H24ClNO/c1-4-5-10(2)8-13-7-6-11(12)9-14-3/h10-11,13H,4-9H2,1-3H3. The summed E-state index contributed by atoms with van der Waals surface area (Å²) in [7, 11) is 1.69. The van der Waals surface area contributed by atoms with Crippen LogP contribution in [0.1, 0.15) is 33.1 Å². The van der Waals surface area contributed by atoms with E-state index in [1.54, 1.807) is 7.11 Å².